The Hall–Kier alpha value is -2.82. The lowest BCUT2D eigenvalue weighted by Crippen LogP contribution is -2.23. The van der Waals surface area contributed by atoms with Gasteiger partial charge in [0, 0.05) is 11.8 Å². The number of nitrogens with one attached hydrogen (secondary N) is 1. The highest BCUT2D eigenvalue weighted by atomic mass is 16.5. The van der Waals surface area contributed by atoms with E-state index in [-0.39, 0.29) is 24.4 Å². The monoisotopic (exact) mass is 339 g/mol. The zero-order valence-electron chi connectivity index (χ0n) is 13.9. The van der Waals surface area contributed by atoms with Crippen molar-refractivity contribution in [3.63, 3.8) is 0 Å². The molecular formula is C20H21NO4. The van der Waals surface area contributed by atoms with Crippen LogP contribution < -0.4 is 10.1 Å². The maximum atomic E-state index is 12.0. The largest absolute Gasteiger partial charge is 0.457 e. The highest BCUT2D eigenvalue weighted by Gasteiger charge is 2.24. The smallest absolute Gasteiger partial charge is 0.309 e. The Kier molecular flexibility index (Phi) is 5.67. The number of hydrogen-bond acceptors (Lipinski definition) is 4. The van der Waals surface area contributed by atoms with Gasteiger partial charge < -0.3 is 14.8 Å². The molecule has 0 atom stereocenters. The topological polar surface area (TPSA) is 64.6 Å². The third kappa shape index (κ3) is 5.08. The zero-order chi connectivity index (χ0) is 17.5. The lowest BCUT2D eigenvalue weighted by Gasteiger charge is -2.11. The summed E-state index contributed by atoms with van der Waals surface area (Å²) >= 11 is 0. The molecule has 3 rings (SSSR count). The summed E-state index contributed by atoms with van der Waals surface area (Å²) in [5, 5.41) is 2.72. The summed E-state index contributed by atoms with van der Waals surface area (Å²) in [7, 11) is 0. The van der Waals surface area contributed by atoms with Gasteiger partial charge >= 0.3 is 5.97 Å². The van der Waals surface area contributed by atoms with E-state index in [0.717, 1.165) is 31.4 Å². The van der Waals surface area contributed by atoms with E-state index in [1.54, 1.807) is 18.2 Å². The molecule has 1 amide bonds. The molecule has 130 valence electrons. The molecular weight excluding hydrogens is 318 g/mol. The second-order valence-electron chi connectivity index (χ2n) is 6.08. The molecule has 0 heterocycles. The van der Waals surface area contributed by atoms with Gasteiger partial charge in [-0.15, -0.1) is 0 Å². The van der Waals surface area contributed by atoms with E-state index in [2.05, 4.69) is 5.32 Å². The number of para-hydroxylation sites is 1. The first kappa shape index (κ1) is 17.0. The van der Waals surface area contributed by atoms with Gasteiger partial charge in [-0.1, -0.05) is 37.1 Å². The molecule has 2 aromatic rings. The van der Waals surface area contributed by atoms with Crippen LogP contribution in [-0.4, -0.2) is 18.5 Å². The predicted molar refractivity (Wildman–Crippen MR) is 94.5 cm³/mol. The van der Waals surface area contributed by atoms with E-state index in [1.807, 2.05) is 36.4 Å². The van der Waals surface area contributed by atoms with E-state index >= 15 is 0 Å². The van der Waals surface area contributed by atoms with Crippen molar-refractivity contribution in [1.82, 2.24) is 0 Å². The van der Waals surface area contributed by atoms with Gasteiger partial charge in [0.25, 0.3) is 5.91 Å². The van der Waals surface area contributed by atoms with Gasteiger partial charge in [0.1, 0.15) is 11.5 Å². The van der Waals surface area contributed by atoms with Crippen LogP contribution in [0.1, 0.15) is 25.7 Å². The summed E-state index contributed by atoms with van der Waals surface area (Å²) < 4.78 is 10.8. The second-order valence-corrected chi connectivity index (χ2v) is 6.08. The summed E-state index contributed by atoms with van der Waals surface area (Å²) in [6.45, 7) is -0.265. The molecule has 0 radical (unpaired) electrons. The van der Waals surface area contributed by atoms with Crippen LogP contribution in [0.3, 0.4) is 0 Å². The average molecular weight is 339 g/mol. The minimum atomic E-state index is -0.358. The van der Waals surface area contributed by atoms with Crippen LogP contribution >= 0.6 is 0 Å². The van der Waals surface area contributed by atoms with Gasteiger partial charge in [0.2, 0.25) is 0 Å². The molecule has 1 N–H and O–H groups in total. The lowest BCUT2D eigenvalue weighted by molar-refractivity contribution is -0.151. The lowest BCUT2D eigenvalue weighted by atomic mass is 10.1. The standard InChI is InChI=1S/C20H21NO4/c22-19(14-24-20(23)15-7-4-5-8-15)21-16-9-6-12-18(13-16)25-17-10-2-1-3-11-17/h1-3,6,9-13,15H,4-5,7-8,14H2,(H,21,22). The number of rotatable bonds is 6. The van der Waals surface area contributed by atoms with Gasteiger partial charge in [-0.25, -0.2) is 0 Å². The Bertz CT molecular complexity index is 723. The number of carbonyl (C=O) groups is 2. The minimum Gasteiger partial charge on any atom is -0.457 e. The number of amides is 1. The van der Waals surface area contributed by atoms with Crippen LogP contribution in [0, 0.1) is 5.92 Å². The van der Waals surface area contributed by atoms with Crippen molar-refractivity contribution in [2.45, 2.75) is 25.7 Å². The first-order valence-electron chi connectivity index (χ1n) is 8.50. The van der Waals surface area contributed by atoms with Gasteiger partial charge in [0.05, 0.1) is 5.92 Å². The second kappa shape index (κ2) is 8.33. The van der Waals surface area contributed by atoms with Crippen molar-refractivity contribution in [3.05, 3.63) is 54.6 Å². The molecule has 25 heavy (non-hydrogen) atoms. The fourth-order valence-electron chi connectivity index (χ4n) is 2.88. The predicted octanol–water partition coefficient (Wildman–Crippen LogP) is 4.15. The molecule has 5 heteroatoms. The molecule has 5 nitrogen and oxygen atoms in total. The Morgan fingerprint density at radius 2 is 1.68 bits per heavy atom. The van der Waals surface area contributed by atoms with Crippen LogP contribution in [0.2, 0.25) is 0 Å². The van der Waals surface area contributed by atoms with E-state index in [9.17, 15) is 9.59 Å². The number of anilines is 1. The normalized spacial score (nSPS) is 14.1. The fourth-order valence-corrected chi connectivity index (χ4v) is 2.88. The highest BCUT2D eigenvalue weighted by Crippen LogP contribution is 2.26. The SMILES string of the molecule is O=C(COC(=O)C1CCCC1)Nc1cccc(Oc2ccccc2)c1. The van der Waals surface area contributed by atoms with Gasteiger partial charge in [-0.3, -0.25) is 9.59 Å². The fraction of sp³-hybridized carbons (Fsp3) is 0.300. The molecule has 0 aromatic heterocycles. The molecule has 1 fully saturated rings. The average Bonchev–Trinajstić information content (AvgIpc) is 3.16. The van der Waals surface area contributed by atoms with Crippen LogP contribution in [0.25, 0.3) is 0 Å². The maximum absolute atomic E-state index is 12.0. The van der Waals surface area contributed by atoms with Gasteiger partial charge in [-0.05, 0) is 37.1 Å². The summed E-state index contributed by atoms with van der Waals surface area (Å²) in [6, 6.07) is 16.5. The molecule has 0 bridgehead atoms. The Balaban J connectivity index is 1.51. The number of ether oxygens (including phenoxy) is 2. The van der Waals surface area contributed by atoms with Gasteiger partial charge in [-0.2, -0.15) is 0 Å². The Morgan fingerprint density at radius 3 is 2.44 bits per heavy atom. The quantitative estimate of drug-likeness (QED) is 0.803. The molecule has 1 aliphatic rings. The number of esters is 1. The van der Waals surface area contributed by atoms with E-state index in [0.29, 0.717) is 11.4 Å². The van der Waals surface area contributed by atoms with Crippen molar-refractivity contribution in [2.24, 2.45) is 5.92 Å². The minimum absolute atomic E-state index is 0.0459. The third-order valence-electron chi connectivity index (χ3n) is 4.13. The molecule has 0 aliphatic heterocycles. The van der Waals surface area contributed by atoms with Gasteiger partial charge in [0.15, 0.2) is 6.61 Å². The number of hydrogen-bond donors (Lipinski definition) is 1. The summed E-state index contributed by atoms with van der Waals surface area (Å²) in [6.07, 6.45) is 3.83. The third-order valence-corrected chi connectivity index (χ3v) is 4.13. The Morgan fingerprint density at radius 1 is 0.960 bits per heavy atom. The zero-order valence-corrected chi connectivity index (χ0v) is 13.9. The van der Waals surface area contributed by atoms with Crippen molar-refractivity contribution in [2.75, 3.05) is 11.9 Å². The van der Waals surface area contributed by atoms with Crippen molar-refractivity contribution >= 4 is 17.6 Å². The van der Waals surface area contributed by atoms with Crippen LogP contribution in [0.5, 0.6) is 11.5 Å². The maximum Gasteiger partial charge on any atom is 0.309 e. The molecule has 0 saturated heterocycles. The molecule has 0 unspecified atom stereocenters. The Labute approximate surface area is 147 Å². The first-order chi connectivity index (χ1) is 12.2. The van der Waals surface area contributed by atoms with Crippen molar-refractivity contribution in [3.8, 4) is 11.5 Å². The molecule has 0 spiro atoms. The van der Waals surface area contributed by atoms with Crippen LogP contribution in [0.15, 0.2) is 54.6 Å². The molecule has 1 saturated carbocycles. The number of benzene rings is 2. The van der Waals surface area contributed by atoms with Crippen molar-refractivity contribution < 1.29 is 19.1 Å². The van der Waals surface area contributed by atoms with E-state index in [1.165, 1.54) is 0 Å². The van der Waals surface area contributed by atoms with Crippen LogP contribution in [-0.2, 0) is 14.3 Å². The number of carbonyl (C=O) groups excluding carboxylic acids is 2. The van der Waals surface area contributed by atoms with E-state index < -0.39 is 0 Å². The molecule has 1 aliphatic carbocycles. The highest BCUT2D eigenvalue weighted by molar-refractivity contribution is 5.93. The summed E-state index contributed by atoms with van der Waals surface area (Å²) in [5.41, 5.74) is 0.593. The van der Waals surface area contributed by atoms with Crippen LogP contribution in [0.4, 0.5) is 5.69 Å². The summed E-state index contributed by atoms with van der Waals surface area (Å²) in [5.74, 6) is 0.663. The molecule has 2 aromatic carbocycles. The van der Waals surface area contributed by atoms with E-state index in [4.69, 9.17) is 9.47 Å². The van der Waals surface area contributed by atoms with Crippen molar-refractivity contribution in [1.29, 1.82) is 0 Å². The summed E-state index contributed by atoms with van der Waals surface area (Å²) in [4.78, 5) is 23.8. The first-order valence-corrected chi connectivity index (χ1v) is 8.50.